The summed E-state index contributed by atoms with van der Waals surface area (Å²) in [5.74, 6) is 0.0322. The predicted molar refractivity (Wildman–Crippen MR) is 118 cm³/mol. The molecule has 11 heteroatoms. The zero-order chi connectivity index (χ0) is 22.7. The standard InChI is InChI=1S/C21H22N6O4S/c1-15(25-32(29,30)19-8-6-18(31-2)7-9-19)21(28)24-16-11-22-27(13-16)14-17-12-26-10-4-3-5-20(26)23-17/h3-13,15,25H,14H2,1-2H3,(H,24,28)/t15-/m0/s1. The zero-order valence-corrected chi connectivity index (χ0v) is 18.3. The van der Waals surface area contributed by atoms with Crippen LogP contribution in [-0.4, -0.2) is 46.6 Å². The highest BCUT2D eigenvalue weighted by Crippen LogP contribution is 2.16. The van der Waals surface area contributed by atoms with Gasteiger partial charge in [-0.05, 0) is 43.3 Å². The zero-order valence-electron chi connectivity index (χ0n) is 17.5. The fourth-order valence-electron chi connectivity index (χ4n) is 3.10. The number of aromatic nitrogens is 4. The number of amides is 1. The maximum absolute atomic E-state index is 12.5. The molecule has 0 unspecified atom stereocenters. The highest BCUT2D eigenvalue weighted by Gasteiger charge is 2.22. The number of benzene rings is 1. The Morgan fingerprint density at radius 2 is 1.94 bits per heavy atom. The molecule has 0 aliphatic rings. The molecule has 3 heterocycles. The molecule has 3 aromatic heterocycles. The Morgan fingerprint density at radius 1 is 1.16 bits per heavy atom. The Balaban J connectivity index is 1.37. The van der Waals surface area contributed by atoms with E-state index in [-0.39, 0.29) is 4.90 Å². The van der Waals surface area contributed by atoms with Crippen LogP contribution in [0.4, 0.5) is 5.69 Å². The van der Waals surface area contributed by atoms with Crippen LogP contribution in [0.1, 0.15) is 12.6 Å². The first-order chi connectivity index (χ1) is 15.3. The first-order valence-corrected chi connectivity index (χ1v) is 11.2. The second-order valence-electron chi connectivity index (χ2n) is 7.13. The molecule has 1 aromatic carbocycles. The number of ether oxygens (including phenoxy) is 1. The third kappa shape index (κ3) is 4.79. The molecule has 32 heavy (non-hydrogen) atoms. The van der Waals surface area contributed by atoms with Crippen molar-refractivity contribution in [1.29, 1.82) is 0 Å². The summed E-state index contributed by atoms with van der Waals surface area (Å²) in [6.45, 7) is 1.90. The Hall–Kier alpha value is -3.70. The molecular weight excluding hydrogens is 432 g/mol. The lowest BCUT2D eigenvalue weighted by molar-refractivity contribution is -0.117. The van der Waals surface area contributed by atoms with Gasteiger partial charge in [0.25, 0.3) is 0 Å². The third-order valence-electron chi connectivity index (χ3n) is 4.73. The van der Waals surface area contributed by atoms with Gasteiger partial charge in [0, 0.05) is 18.6 Å². The van der Waals surface area contributed by atoms with Crippen LogP contribution in [0.3, 0.4) is 0 Å². The quantitative estimate of drug-likeness (QED) is 0.420. The summed E-state index contributed by atoms with van der Waals surface area (Å²) in [7, 11) is -2.37. The number of fused-ring (bicyclic) bond motifs is 1. The van der Waals surface area contributed by atoms with Crippen LogP contribution in [0.5, 0.6) is 5.75 Å². The van der Waals surface area contributed by atoms with Crippen LogP contribution in [0, 0.1) is 0 Å². The van der Waals surface area contributed by atoms with Crippen LogP contribution in [0.15, 0.2) is 72.1 Å². The SMILES string of the molecule is COc1ccc(S(=O)(=O)N[C@@H](C)C(=O)Nc2cnn(Cc3cn4ccccc4n3)c2)cc1. The minimum absolute atomic E-state index is 0.0400. The number of pyridine rings is 1. The molecular formula is C21H22N6O4S. The fraction of sp³-hybridized carbons (Fsp3) is 0.190. The van der Waals surface area contributed by atoms with E-state index < -0.39 is 22.0 Å². The van der Waals surface area contributed by atoms with E-state index in [0.717, 1.165) is 11.3 Å². The number of nitrogens with zero attached hydrogens (tertiary/aromatic N) is 4. The molecule has 166 valence electrons. The fourth-order valence-corrected chi connectivity index (χ4v) is 4.31. The number of sulfonamides is 1. The lowest BCUT2D eigenvalue weighted by Gasteiger charge is -2.14. The predicted octanol–water partition coefficient (Wildman–Crippen LogP) is 1.89. The van der Waals surface area contributed by atoms with E-state index in [1.54, 1.807) is 10.9 Å². The smallest absolute Gasteiger partial charge is 0.242 e. The summed E-state index contributed by atoms with van der Waals surface area (Å²) in [6.07, 6.45) is 6.98. The van der Waals surface area contributed by atoms with E-state index in [0.29, 0.717) is 18.0 Å². The largest absolute Gasteiger partial charge is 0.497 e. The van der Waals surface area contributed by atoms with Crippen molar-refractivity contribution in [2.75, 3.05) is 12.4 Å². The van der Waals surface area contributed by atoms with Gasteiger partial charge in [0.05, 0.1) is 42.2 Å². The maximum Gasteiger partial charge on any atom is 0.242 e. The number of carbonyl (C=O) groups excluding carboxylic acids is 1. The van der Waals surface area contributed by atoms with Gasteiger partial charge in [-0.2, -0.15) is 9.82 Å². The second-order valence-corrected chi connectivity index (χ2v) is 8.85. The number of anilines is 1. The van der Waals surface area contributed by atoms with Gasteiger partial charge in [0.15, 0.2) is 0 Å². The number of rotatable bonds is 8. The molecule has 0 saturated heterocycles. The minimum Gasteiger partial charge on any atom is -0.497 e. The molecule has 1 atom stereocenters. The van der Waals surface area contributed by atoms with Gasteiger partial charge in [-0.25, -0.2) is 13.4 Å². The van der Waals surface area contributed by atoms with Gasteiger partial charge in [-0.1, -0.05) is 6.07 Å². The molecule has 0 bridgehead atoms. The number of imidazole rings is 1. The Kier molecular flexibility index (Phi) is 5.93. The van der Waals surface area contributed by atoms with E-state index in [1.807, 2.05) is 35.0 Å². The van der Waals surface area contributed by atoms with Gasteiger partial charge < -0.3 is 14.5 Å². The molecule has 0 aliphatic heterocycles. The molecule has 0 saturated carbocycles. The van der Waals surface area contributed by atoms with Crippen molar-refractivity contribution < 1.29 is 17.9 Å². The van der Waals surface area contributed by atoms with Crippen LogP contribution >= 0.6 is 0 Å². The maximum atomic E-state index is 12.5. The molecule has 4 rings (SSSR count). The molecule has 0 radical (unpaired) electrons. The number of hydrogen-bond donors (Lipinski definition) is 2. The van der Waals surface area contributed by atoms with Crippen molar-refractivity contribution >= 4 is 27.3 Å². The topological polar surface area (TPSA) is 120 Å². The van der Waals surface area contributed by atoms with Crippen molar-refractivity contribution in [3.05, 3.63) is 72.9 Å². The van der Waals surface area contributed by atoms with E-state index in [9.17, 15) is 13.2 Å². The number of methoxy groups -OCH3 is 1. The monoisotopic (exact) mass is 454 g/mol. The van der Waals surface area contributed by atoms with Gasteiger partial charge in [0.2, 0.25) is 15.9 Å². The van der Waals surface area contributed by atoms with Crippen molar-refractivity contribution in [3.8, 4) is 5.75 Å². The van der Waals surface area contributed by atoms with Crippen LogP contribution in [-0.2, 0) is 21.4 Å². The first-order valence-electron chi connectivity index (χ1n) is 9.76. The molecule has 0 aliphatic carbocycles. The van der Waals surface area contributed by atoms with Crippen LogP contribution in [0.25, 0.3) is 5.65 Å². The average molecular weight is 455 g/mol. The molecule has 10 nitrogen and oxygen atoms in total. The summed E-state index contributed by atoms with van der Waals surface area (Å²) in [5, 5.41) is 6.91. The highest BCUT2D eigenvalue weighted by molar-refractivity contribution is 7.89. The van der Waals surface area contributed by atoms with E-state index in [1.165, 1.54) is 44.5 Å². The molecule has 0 fully saturated rings. The summed E-state index contributed by atoms with van der Waals surface area (Å²) >= 11 is 0. The van der Waals surface area contributed by atoms with Crippen molar-refractivity contribution in [3.63, 3.8) is 0 Å². The third-order valence-corrected chi connectivity index (χ3v) is 6.29. The van der Waals surface area contributed by atoms with E-state index in [2.05, 4.69) is 20.1 Å². The second kappa shape index (κ2) is 8.81. The average Bonchev–Trinajstić information content (AvgIpc) is 3.39. The number of carbonyl (C=O) groups is 1. The Morgan fingerprint density at radius 3 is 2.66 bits per heavy atom. The molecule has 0 spiro atoms. The molecule has 1 amide bonds. The summed E-state index contributed by atoms with van der Waals surface area (Å²) in [6, 6.07) is 10.6. The van der Waals surface area contributed by atoms with Gasteiger partial charge >= 0.3 is 0 Å². The number of nitrogens with one attached hydrogen (secondary N) is 2. The molecule has 4 aromatic rings. The van der Waals surface area contributed by atoms with E-state index in [4.69, 9.17) is 4.74 Å². The van der Waals surface area contributed by atoms with Crippen LogP contribution in [0.2, 0.25) is 0 Å². The lowest BCUT2D eigenvalue weighted by atomic mass is 10.3. The Labute approximate surface area is 184 Å². The first kappa shape index (κ1) is 21.5. The van der Waals surface area contributed by atoms with Crippen molar-refractivity contribution in [2.24, 2.45) is 0 Å². The normalized spacial score (nSPS) is 12.6. The summed E-state index contributed by atoms with van der Waals surface area (Å²) in [4.78, 5) is 17.1. The van der Waals surface area contributed by atoms with Gasteiger partial charge in [-0.3, -0.25) is 9.48 Å². The lowest BCUT2D eigenvalue weighted by Crippen LogP contribution is -2.41. The minimum atomic E-state index is -3.87. The number of hydrogen-bond acceptors (Lipinski definition) is 6. The van der Waals surface area contributed by atoms with Crippen LogP contribution < -0.4 is 14.8 Å². The van der Waals surface area contributed by atoms with Crippen molar-refractivity contribution in [2.45, 2.75) is 24.4 Å². The summed E-state index contributed by atoms with van der Waals surface area (Å²) in [5.41, 5.74) is 2.10. The highest BCUT2D eigenvalue weighted by atomic mass is 32.2. The summed E-state index contributed by atoms with van der Waals surface area (Å²) < 4.78 is 36.0. The molecule has 2 N–H and O–H groups in total. The van der Waals surface area contributed by atoms with Gasteiger partial charge in [-0.15, -0.1) is 0 Å². The van der Waals surface area contributed by atoms with Gasteiger partial charge in [0.1, 0.15) is 11.4 Å². The Bertz CT molecular complexity index is 1310. The van der Waals surface area contributed by atoms with E-state index >= 15 is 0 Å². The van der Waals surface area contributed by atoms with Crippen molar-refractivity contribution in [1.82, 2.24) is 23.9 Å².